The van der Waals surface area contributed by atoms with Gasteiger partial charge in [-0.3, -0.25) is 14.8 Å². The second-order valence-electron chi connectivity index (χ2n) is 3.28. The maximum Gasteiger partial charge on any atom is 0.309 e. The van der Waals surface area contributed by atoms with E-state index in [0.717, 1.165) is 11.3 Å². The van der Waals surface area contributed by atoms with Crippen molar-refractivity contribution in [1.82, 2.24) is 0 Å². The Morgan fingerprint density at radius 3 is 2.71 bits per heavy atom. The molecule has 0 radical (unpaired) electrons. The van der Waals surface area contributed by atoms with Gasteiger partial charge in [0.15, 0.2) is 0 Å². The van der Waals surface area contributed by atoms with Crippen molar-refractivity contribution in [3.63, 3.8) is 0 Å². The summed E-state index contributed by atoms with van der Waals surface area (Å²) in [4.78, 5) is 19.0. The monoisotopic (exact) mass is 274 g/mol. The van der Waals surface area contributed by atoms with E-state index in [4.69, 9.17) is 5.11 Å². The van der Waals surface area contributed by atoms with Crippen LogP contribution in [0.5, 0.6) is 0 Å². The molecule has 0 fully saturated rings. The van der Waals surface area contributed by atoms with E-state index in [9.17, 15) is 4.79 Å². The first-order chi connectivity index (χ1) is 7.25. The van der Waals surface area contributed by atoms with Gasteiger partial charge in [0.25, 0.3) is 0 Å². The maximum absolute atomic E-state index is 10.6. The van der Waals surface area contributed by atoms with Crippen LogP contribution in [0, 0.1) is 0 Å². The number of hydrogen-bond acceptors (Lipinski definition) is 3. The summed E-state index contributed by atoms with van der Waals surface area (Å²) in [5.41, 5.74) is 2.30. The van der Waals surface area contributed by atoms with Gasteiger partial charge in [-0.05, 0) is 6.07 Å². The summed E-state index contributed by atoms with van der Waals surface area (Å²) in [5.74, 6) is -0.872. The molecule has 92 valence electrons. The minimum atomic E-state index is -0.872. The number of carbonyl (C=O) groups is 1. The van der Waals surface area contributed by atoms with Gasteiger partial charge in [-0.15, -0.1) is 24.8 Å². The van der Waals surface area contributed by atoms with Crippen molar-refractivity contribution in [3.8, 4) is 0 Å². The van der Waals surface area contributed by atoms with Crippen molar-refractivity contribution in [2.45, 2.75) is 6.42 Å². The molecule has 0 bridgehead atoms. The van der Waals surface area contributed by atoms with E-state index >= 15 is 0 Å². The van der Waals surface area contributed by atoms with Gasteiger partial charge in [-0.25, -0.2) is 0 Å². The van der Waals surface area contributed by atoms with E-state index in [0.29, 0.717) is 12.3 Å². The summed E-state index contributed by atoms with van der Waals surface area (Å²) in [7, 11) is 0. The molecule has 0 amide bonds. The van der Waals surface area contributed by atoms with Gasteiger partial charge in [-0.1, -0.05) is 18.2 Å². The van der Waals surface area contributed by atoms with E-state index < -0.39 is 5.97 Å². The zero-order valence-electron chi connectivity index (χ0n) is 8.87. The highest BCUT2D eigenvalue weighted by Crippen LogP contribution is 2.19. The third-order valence-electron chi connectivity index (χ3n) is 2.07. The predicted octanol–water partition coefficient (Wildman–Crippen LogP) is 2.51. The Labute approximate surface area is 111 Å². The van der Waals surface area contributed by atoms with Crippen molar-refractivity contribution >= 4 is 48.4 Å². The molecule has 6 heteroatoms. The molecule has 0 aliphatic carbocycles. The van der Waals surface area contributed by atoms with Gasteiger partial charge in [0.1, 0.15) is 0 Å². The predicted molar refractivity (Wildman–Crippen MR) is 72.7 cm³/mol. The number of aliphatic carboxylic acids is 1. The highest BCUT2D eigenvalue weighted by atomic mass is 35.5. The number of aliphatic imine (C=N–C) groups is 2. The lowest BCUT2D eigenvalue weighted by molar-refractivity contribution is -0.135. The number of carboxylic acids is 1. The van der Waals surface area contributed by atoms with Crippen LogP contribution in [0.25, 0.3) is 0 Å². The first kappa shape index (κ1) is 15.6. The molecule has 4 nitrogen and oxygen atoms in total. The molecule has 0 atom stereocenters. The third kappa shape index (κ3) is 4.17. The van der Waals surface area contributed by atoms with Crippen molar-refractivity contribution in [3.05, 3.63) is 29.8 Å². The minimum Gasteiger partial charge on any atom is -0.481 e. The Hall–Kier alpha value is -1.39. The Bertz CT molecular complexity index is 459. The summed E-state index contributed by atoms with van der Waals surface area (Å²) >= 11 is 0. The molecule has 1 aromatic rings. The molecule has 0 unspecified atom stereocenters. The number of benzene rings is 1. The number of carboxylic acid groups (broad SMARTS) is 1. The lowest BCUT2D eigenvalue weighted by Gasteiger charge is -1.99. The Morgan fingerprint density at radius 2 is 2.00 bits per heavy atom. The van der Waals surface area contributed by atoms with E-state index in [2.05, 4.69) is 9.98 Å². The minimum absolute atomic E-state index is 0. The van der Waals surface area contributed by atoms with Crippen LogP contribution in [0.4, 0.5) is 5.69 Å². The molecule has 0 spiro atoms. The van der Waals surface area contributed by atoms with Crippen molar-refractivity contribution in [2.75, 3.05) is 6.54 Å². The standard InChI is InChI=1S/C11H10N2O2.2ClH/c14-11(15)5-9-7-12-6-8-3-1-2-4-10(8)13-9;;/h1-4,6H,5,7H2,(H,14,15);2*1H. The fourth-order valence-electron chi connectivity index (χ4n) is 1.42. The zero-order chi connectivity index (χ0) is 10.7. The molecule has 2 rings (SSSR count). The molecular weight excluding hydrogens is 263 g/mol. The van der Waals surface area contributed by atoms with Crippen LogP contribution in [0.1, 0.15) is 12.0 Å². The van der Waals surface area contributed by atoms with Gasteiger partial charge in [0.05, 0.1) is 24.4 Å². The average Bonchev–Trinajstić information content (AvgIpc) is 2.38. The fraction of sp³-hybridized carbons (Fsp3) is 0.182. The summed E-state index contributed by atoms with van der Waals surface area (Å²) < 4.78 is 0. The summed E-state index contributed by atoms with van der Waals surface area (Å²) in [6.07, 6.45) is 1.68. The van der Waals surface area contributed by atoms with Crippen LogP contribution in [0.3, 0.4) is 0 Å². The smallest absolute Gasteiger partial charge is 0.309 e. The van der Waals surface area contributed by atoms with Crippen LogP contribution in [0.2, 0.25) is 0 Å². The fourth-order valence-corrected chi connectivity index (χ4v) is 1.42. The van der Waals surface area contributed by atoms with Crippen molar-refractivity contribution in [2.24, 2.45) is 9.98 Å². The molecule has 17 heavy (non-hydrogen) atoms. The molecule has 1 aromatic carbocycles. The maximum atomic E-state index is 10.6. The van der Waals surface area contributed by atoms with Crippen LogP contribution in [0.15, 0.2) is 34.3 Å². The van der Waals surface area contributed by atoms with E-state index in [1.165, 1.54) is 0 Å². The topological polar surface area (TPSA) is 62.0 Å². The molecule has 0 saturated carbocycles. The van der Waals surface area contributed by atoms with E-state index in [1.807, 2.05) is 24.3 Å². The van der Waals surface area contributed by atoms with Gasteiger partial charge < -0.3 is 5.11 Å². The second kappa shape index (κ2) is 7.04. The molecule has 1 aliphatic heterocycles. The Morgan fingerprint density at radius 1 is 1.29 bits per heavy atom. The molecule has 1 N–H and O–H groups in total. The number of halogens is 2. The summed E-state index contributed by atoms with van der Waals surface area (Å²) in [6, 6.07) is 7.54. The van der Waals surface area contributed by atoms with Gasteiger partial charge >= 0.3 is 5.97 Å². The quantitative estimate of drug-likeness (QED) is 0.901. The first-order valence-corrected chi connectivity index (χ1v) is 4.63. The van der Waals surface area contributed by atoms with E-state index in [-0.39, 0.29) is 31.2 Å². The van der Waals surface area contributed by atoms with Crippen LogP contribution >= 0.6 is 24.8 Å². The number of hydrogen-bond donors (Lipinski definition) is 1. The van der Waals surface area contributed by atoms with Crippen LogP contribution in [-0.2, 0) is 4.79 Å². The molecule has 1 heterocycles. The average molecular weight is 275 g/mol. The van der Waals surface area contributed by atoms with Crippen molar-refractivity contribution in [1.29, 1.82) is 0 Å². The SMILES string of the molecule is Cl.Cl.O=C(O)CC1=Nc2ccccc2C=NC1. The lowest BCUT2D eigenvalue weighted by Crippen LogP contribution is -2.09. The number of para-hydroxylation sites is 1. The highest BCUT2D eigenvalue weighted by Gasteiger charge is 2.09. The molecule has 0 aromatic heterocycles. The summed E-state index contributed by atoms with van der Waals surface area (Å²) in [5, 5.41) is 8.67. The lowest BCUT2D eigenvalue weighted by atomic mass is 10.2. The largest absolute Gasteiger partial charge is 0.481 e. The van der Waals surface area contributed by atoms with Gasteiger partial charge in [0.2, 0.25) is 0 Å². The van der Waals surface area contributed by atoms with E-state index in [1.54, 1.807) is 6.21 Å². The molecule has 1 aliphatic rings. The molecule has 0 saturated heterocycles. The van der Waals surface area contributed by atoms with Gasteiger partial charge in [0, 0.05) is 11.8 Å². The van der Waals surface area contributed by atoms with Gasteiger partial charge in [-0.2, -0.15) is 0 Å². The zero-order valence-corrected chi connectivity index (χ0v) is 10.5. The van der Waals surface area contributed by atoms with Crippen LogP contribution < -0.4 is 0 Å². The highest BCUT2D eigenvalue weighted by molar-refractivity contribution is 6.04. The van der Waals surface area contributed by atoms with Crippen molar-refractivity contribution < 1.29 is 9.90 Å². The van der Waals surface area contributed by atoms with Crippen LogP contribution in [-0.4, -0.2) is 29.5 Å². The summed E-state index contributed by atoms with van der Waals surface area (Å²) in [6.45, 7) is 0.362. The Kier molecular flexibility index (Phi) is 6.46. The number of nitrogens with zero attached hydrogens (tertiary/aromatic N) is 2. The first-order valence-electron chi connectivity index (χ1n) is 4.63. The third-order valence-corrected chi connectivity index (χ3v) is 2.07. The molecular formula is C11H12Cl2N2O2. The second-order valence-corrected chi connectivity index (χ2v) is 3.28. The Balaban J connectivity index is 0.00000128. The normalized spacial score (nSPS) is 12.4. The number of rotatable bonds is 2. The number of fused-ring (bicyclic) bond motifs is 1.